The summed E-state index contributed by atoms with van der Waals surface area (Å²) >= 11 is 0. The van der Waals surface area contributed by atoms with E-state index in [2.05, 4.69) is 45.0 Å². The van der Waals surface area contributed by atoms with Gasteiger partial charge in [0.2, 0.25) is 0 Å². The Morgan fingerprint density at radius 2 is 1.67 bits per heavy atom. The highest BCUT2D eigenvalue weighted by Gasteiger charge is 2.31. The van der Waals surface area contributed by atoms with E-state index < -0.39 is 17.0 Å². The van der Waals surface area contributed by atoms with Gasteiger partial charge in [-0.2, -0.15) is 0 Å². The van der Waals surface area contributed by atoms with E-state index in [1.165, 1.54) is 44.2 Å². The molecule has 1 rings (SSSR count). The molecule has 1 N–H and O–H groups in total. The molecule has 0 spiro atoms. The molecule has 0 radical (unpaired) electrons. The average molecular weight is 286 g/mol. The molecule has 3 heteroatoms. The molecule has 1 atom stereocenters. The Labute approximate surface area is 118 Å². The Morgan fingerprint density at radius 1 is 1.11 bits per heavy atom. The lowest BCUT2D eigenvalue weighted by atomic mass is 9.77. The first kappa shape index (κ1) is 16.4. The van der Waals surface area contributed by atoms with E-state index in [1.807, 2.05) is 0 Å². The smallest absolute Gasteiger partial charge is 0.105 e. The van der Waals surface area contributed by atoms with Crippen LogP contribution in [0.2, 0.25) is 38.3 Å². The summed E-state index contributed by atoms with van der Waals surface area (Å²) in [5.74, 6) is 0.924. The Bertz CT molecular complexity index is 239. The fraction of sp³-hybridized carbons (Fsp3) is 1.00. The van der Waals surface area contributed by atoms with Gasteiger partial charge >= 0.3 is 0 Å². The average Bonchev–Trinajstić information content (AvgIpc) is 2.26. The molecule has 0 aromatic rings. The molecule has 0 bridgehead atoms. The van der Waals surface area contributed by atoms with E-state index in [9.17, 15) is 0 Å². The molecule has 0 aromatic heterocycles. The Hall–Kier alpha value is 0.394. The first-order valence-electron chi connectivity index (χ1n) is 7.98. The van der Waals surface area contributed by atoms with Crippen molar-refractivity contribution in [2.75, 3.05) is 0 Å². The van der Waals surface area contributed by atoms with Gasteiger partial charge < -0.3 is 4.98 Å². The van der Waals surface area contributed by atoms with E-state index in [4.69, 9.17) is 0 Å². The van der Waals surface area contributed by atoms with Crippen LogP contribution in [-0.4, -0.2) is 22.6 Å². The van der Waals surface area contributed by atoms with Gasteiger partial charge in [-0.05, 0) is 38.7 Å². The number of hydrogen-bond donors (Lipinski definition) is 1. The second-order valence-corrected chi connectivity index (χ2v) is 16.5. The van der Waals surface area contributed by atoms with Crippen LogP contribution in [0.3, 0.4) is 0 Å². The molecule has 0 aromatic carbocycles. The van der Waals surface area contributed by atoms with Crippen LogP contribution in [0.1, 0.15) is 46.0 Å². The second kappa shape index (κ2) is 6.71. The molecule has 18 heavy (non-hydrogen) atoms. The number of hydrogen-bond acceptors (Lipinski definition) is 1. The molecule has 1 aliphatic rings. The van der Waals surface area contributed by atoms with Gasteiger partial charge in [-0.1, -0.05) is 51.5 Å². The van der Waals surface area contributed by atoms with Crippen molar-refractivity contribution in [2.24, 2.45) is 5.92 Å². The highest BCUT2D eigenvalue weighted by molar-refractivity contribution is 6.77. The lowest BCUT2D eigenvalue weighted by Gasteiger charge is -2.40. The number of rotatable bonds is 6. The third-order valence-corrected chi connectivity index (χ3v) is 9.33. The minimum Gasteiger partial charge on any atom is -0.335 e. The van der Waals surface area contributed by atoms with Crippen molar-refractivity contribution in [3.8, 4) is 0 Å². The third kappa shape index (κ3) is 6.02. The van der Waals surface area contributed by atoms with Crippen LogP contribution in [0.4, 0.5) is 0 Å². The van der Waals surface area contributed by atoms with Gasteiger partial charge in [0.1, 0.15) is 8.96 Å². The van der Waals surface area contributed by atoms with Crippen LogP contribution in [0.25, 0.3) is 0 Å². The van der Waals surface area contributed by atoms with Gasteiger partial charge in [-0.25, -0.2) is 0 Å². The zero-order valence-electron chi connectivity index (χ0n) is 13.6. The zero-order valence-corrected chi connectivity index (χ0v) is 15.8. The van der Waals surface area contributed by atoms with E-state index in [-0.39, 0.29) is 0 Å². The van der Waals surface area contributed by atoms with Crippen LogP contribution < -0.4 is 4.98 Å². The lowest BCUT2D eigenvalue weighted by molar-refractivity contribution is 0.221. The molecule has 1 saturated carbocycles. The monoisotopic (exact) mass is 285 g/mol. The molecule has 1 aliphatic carbocycles. The van der Waals surface area contributed by atoms with Gasteiger partial charge in [0, 0.05) is 13.6 Å². The van der Waals surface area contributed by atoms with Gasteiger partial charge in [-0.15, -0.1) is 0 Å². The summed E-state index contributed by atoms with van der Waals surface area (Å²) in [5, 5.41) is 0. The maximum atomic E-state index is 4.06. The molecular weight excluding hydrogens is 250 g/mol. The molecule has 0 heterocycles. The standard InChI is InChI=1S/C15H35NSi2/c1-15(2,14-10-8-7-9-11-14)16-17(3)12-13-18(4,5)6/h14,16-17H,7-13H2,1-6H3. The summed E-state index contributed by atoms with van der Waals surface area (Å²) < 4.78 is 0. The molecule has 0 aliphatic heterocycles. The largest absolute Gasteiger partial charge is 0.335 e. The van der Waals surface area contributed by atoms with Gasteiger partial charge in [-0.3, -0.25) is 0 Å². The Morgan fingerprint density at radius 3 is 2.17 bits per heavy atom. The molecule has 1 unspecified atom stereocenters. The van der Waals surface area contributed by atoms with Crippen LogP contribution in [-0.2, 0) is 0 Å². The van der Waals surface area contributed by atoms with Crippen LogP contribution in [0, 0.1) is 5.92 Å². The van der Waals surface area contributed by atoms with Crippen LogP contribution in [0.15, 0.2) is 0 Å². The molecule has 0 amide bonds. The van der Waals surface area contributed by atoms with E-state index >= 15 is 0 Å². The predicted octanol–water partition coefficient (Wildman–Crippen LogP) is 4.63. The summed E-state index contributed by atoms with van der Waals surface area (Å²) in [4.78, 5) is 4.06. The summed E-state index contributed by atoms with van der Waals surface area (Å²) in [6, 6.07) is 3.00. The van der Waals surface area contributed by atoms with Crippen LogP contribution >= 0.6 is 0 Å². The highest BCUT2D eigenvalue weighted by Crippen LogP contribution is 2.32. The van der Waals surface area contributed by atoms with E-state index in [0.29, 0.717) is 5.54 Å². The predicted molar refractivity (Wildman–Crippen MR) is 89.8 cm³/mol. The minimum atomic E-state index is -0.840. The first-order chi connectivity index (χ1) is 8.21. The van der Waals surface area contributed by atoms with Crippen molar-refractivity contribution in [1.29, 1.82) is 0 Å². The lowest BCUT2D eigenvalue weighted by Crippen LogP contribution is -2.52. The van der Waals surface area contributed by atoms with Crippen molar-refractivity contribution in [1.82, 2.24) is 4.98 Å². The Balaban J connectivity index is 2.38. The maximum absolute atomic E-state index is 4.06. The number of nitrogens with one attached hydrogen (secondary N) is 1. The summed E-state index contributed by atoms with van der Waals surface area (Å²) in [5.41, 5.74) is 0.394. The molecule has 1 fully saturated rings. The van der Waals surface area contributed by atoms with Crippen LogP contribution in [0.5, 0.6) is 0 Å². The summed E-state index contributed by atoms with van der Waals surface area (Å²) in [6.07, 6.45) is 7.29. The molecule has 1 nitrogen and oxygen atoms in total. The molecule has 0 saturated heterocycles. The SMILES string of the molecule is C[SiH](CC[Si](C)(C)C)NC(C)(C)C1CCCCC1. The fourth-order valence-corrected chi connectivity index (χ4v) is 10.1. The third-order valence-electron chi connectivity index (χ3n) is 4.57. The summed E-state index contributed by atoms with van der Waals surface area (Å²) in [6.45, 7) is 14.9. The molecule has 108 valence electrons. The topological polar surface area (TPSA) is 12.0 Å². The fourth-order valence-electron chi connectivity index (χ4n) is 3.30. The van der Waals surface area contributed by atoms with Crippen molar-refractivity contribution in [2.45, 2.75) is 89.8 Å². The second-order valence-electron chi connectivity index (χ2n) is 8.20. The van der Waals surface area contributed by atoms with Crippen molar-refractivity contribution in [3.63, 3.8) is 0 Å². The summed E-state index contributed by atoms with van der Waals surface area (Å²) in [7, 11) is -1.55. The highest BCUT2D eigenvalue weighted by atomic mass is 28.3. The zero-order chi connectivity index (χ0) is 13.8. The van der Waals surface area contributed by atoms with Gasteiger partial charge in [0.25, 0.3) is 0 Å². The minimum absolute atomic E-state index is 0.394. The van der Waals surface area contributed by atoms with Gasteiger partial charge in [0.05, 0.1) is 0 Å². The van der Waals surface area contributed by atoms with E-state index in [0.717, 1.165) is 5.92 Å². The van der Waals surface area contributed by atoms with Crippen molar-refractivity contribution in [3.05, 3.63) is 0 Å². The van der Waals surface area contributed by atoms with E-state index in [1.54, 1.807) is 0 Å². The Kier molecular flexibility index (Phi) is 6.13. The van der Waals surface area contributed by atoms with Crippen molar-refractivity contribution < 1.29 is 0 Å². The van der Waals surface area contributed by atoms with Gasteiger partial charge in [0.15, 0.2) is 0 Å². The molecular formula is C15H35NSi2. The van der Waals surface area contributed by atoms with Crippen molar-refractivity contribution >= 4 is 17.0 Å². The normalized spacial score (nSPS) is 21.0. The quantitative estimate of drug-likeness (QED) is 0.702. The maximum Gasteiger partial charge on any atom is 0.105 e. The first-order valence-corrected chi connectivity index (χ1v) is 14.2.